The highest BCUT2D eigenvalue weighted by Gasteiger charge is 2.25. The standard InChI is InChI=1S/C18H22N4O3/c1-12(13-4-5-15-16(7-13)25-11-24-15)21-17-8-18(20-10-19-17)22-6-2-3-14(22)9-23/h4-5,7-8,10,12,14,23H,2-3,6,9,11H2,1H3,(H,19,20,21)/t12-,14-/m1/s1. The van der Waals surface area contributed by atoms with Gasteiger partial charge in [0.15, 0.2) is 11.5 Å². The zero-order valence-electron chi connectivity index (χ0n) is 14.2. The highest BCUT2D eigenvalue weighted by molar-refractivity contribution is 5.52. The van der Waals surface area contributed by atoms with E-state index in [2.05, 4.69) is 27.1 Å². The third-order valence-corrected chi connectivity index (χ3v) is 4.80. The molecule has 0 bridgehead atoms. The van der Waals surface area contributed by atoms with Crippen LogP contribution in [0.25, 0.3) is 0 Å². The first-order valence-electron chi connectivity index (χ1n) is 8.60. The number of fused-ring (bicyclic) bond motifs is 1. The van der Waals surface area contributed by atoms with Crippen molar-refractivity contribution in [1.82, 2.24) is 9.97 Å². The minimum Gasteiger partial charge on any atom is -0.454 e. The Morgan fingerprint density at radius 2 is 2.16 bits per heavy atom. The molecule has 2 N–H and O–H groups in total. The Morgan fingerprint density at radius 1 is 1.28 bits per heavy atom. The lowest BCUT2D eigenvalue weighted by atomic mass is 10.1. The molecular weight excluding hydrogens is 320 g/mol. The molecule has 7 nitrogen and oxygen atoms in total. The van der Waals surface area contributed by atoms with Gasteiger partial charge in [-0.3, -0.25) is 0 Å². The Kier molecular flexibility index (Phi) is 4.31. The van der Waals surface area contributed by atoms with Crippen molar-refractivity contribution in [2.45, 2.75) is 31.8 Å². The monoisotopic (exact) mass is 342 g/mol. The van der Waals surface area contributed by atoms with E-state index in [0.717, 1.165) is 48.1 Å². The van der Waals surface area contributed by atoms with Gasteiger partial charge in [0, 0.05) is 12.6 Å². The summed E-state index contributed by atoms with van der Waals surface area (Å²) in [5, 5.41) is 12.9. The summed E-state index contributed by atoms with van der Waals surface area (Å²) in [6.07, 6.45) is 3.64. The van der Waals surface area contributed by atoms with Gasteiger partial charge in [0.1, 0.15) is 18.0 Å². The van der Waals surface area contributed by atoms with Gasteiger partial charge in [0.25, 0.3) is 0 Å². The second kappa shape index (κ2) is 6.76. The fourth-order valence-electron chi connectivity index (χ4n) is 3.40. The van der Waals surface area contributed by atoms with E-state index in [1.807, 2.05) is 24.3 Å². The Hall–Kier alpha value is -2.54. The molecule has 132 valence electrons. The fourth-order valence-corrected chi connectivity index (χ4v) is 3.40. The molecule has 1 aromatic heterocycles. The average Bonchev–Trinajstić information content (AvgIpc) is 3.30. The number of benzene rings is 1. The normalized spacial score (nSPS) is 19.9. The Bertz CT molecular complexity index is 755. The smallest absolute Gasteiger partial charge is 0.231 e. The highest BCUT2D eigenvalue weighted by Crippen LogP contribution is 2.35. The maximum atomic E-state index is 9.52. The number of aliphatic hydroxyl groups is 1. The largest absolute Gasteiger partial charge is 0.454 e. The molecule has 1 fully saturated rings. The molecule has 7 heteroatoms. The summed E-state index contributed by atoms with van der Waals surface area (Å²) in [5.74, 6) is 3.17. The second-order valence-electron chi connectivity index (χ2n) is 6.41. The summed E-state index contributed by atoms with van der Waals surface area (Å²) in [6.45, 7) is 3.42. The number of nitrogens with one attached hydrogen (secondary N) is 1. The number of aromatic nitrogens is 2. The molecule has 0 saturated carbocycles. The zero-order valence-corrected chi connectivity index (χ0v) is 14.2. The van der Waals surface area contributed by atoms with E-state index >= 15 is 0 Å². The van der Waals surface area contributed by atoms with Gasteiger partial charge in [-0.1, -0.05) is 6.07 Å². The van der Waals surface area contributed by atoms with E-state index in [9.17, 15) is 5.11 Å². The van der Waals surface area contributed by atoms with Crippen LogP contribution in [0.15, 0.2) is 30.6 Å². The summed E-state index contributed by atoms with van der Waals surface area (Å²) >= 11 is 0. The summed E-state index contributed by atoms with van der Waals surface area (Å²) in [4.78, 5) is 10.9. The molecule has 0 spiro atoms. The number of hydrogen-bond donors (Lipinski definition) is 2. The molecule has 1 aromatic carbocycles. The molecule has 2 aliphatic heterocycles. The first-order chi connectivity index (χ1) is 12.2. The van der Waals surface area contributed by atoms with E-state index in [1.54, 1.807) is 6.33 Å². The van der Waals surface area contributed by atoms with E-state index in [0.29, 0.717) is 0 Å². The molecule has 2 aliphatic rings. The summed E-state index contributed by atoms with van der Waals surface area (Å²) in [7, 11) is 0. The van der Waals surface area contributed by atoms with Gasteiger partial charge in [-0.25, -0.2) is 9.97 Å². The van der Waals surface area contributed by atoms with E-state index in [-0.39, 0.29) is 25.5 Å². The molecular formula is C18H22N4O3. The SMILES string of the molecule is C[C@@H](Nc1cc(N2CCC[C@@H]2CO)ncn1)c1ccc2c(c1)OCO2. The third-order valence-electron chi connectivity index (χ3n) is 4.80. The Labute approximate surface area is 146 Å². The van der Waals surface area contributed by atoms with Crippen LogP contribution in [-0.4, -0.2) is 41.1 Å². The van der Waals surface area contributed by atoms with Crippen molar-refractivity contribution in [2.75, 3.05) is 30.2 Å². The van der Waals surface area contributed by atoms with Crippen LogP contribution in [0.2, 0.25) is 0 Å². The molecule has 0 aliphatic carbocycles. The van der Waals surface area contributed by atoms with Gasteiger partial charge in [0.2, 0.25) is 6.79 Å². The predicted molar refractivity (Wildman–Crippen MR) is 94.1 cm³/mol. The van der Waals surface area contributed by atoms with Crippen molar-refractivity contribution >= 4 is 11.6 Å². The van der Waals surface area contributed by atoms with Gasteiger partial charge in [-0.15, -0.1) is 0 Å². The lowest BCUT2D eigenvalue weighted by Gasteiger charge is -2.24. The van der Waals surface area contributed by atoms with Crippen LogP contribution in [0.4, 0.5) is 11.6 Å². The Morgan fingerprint density at radius 3 is 3.04 bits per heavy atom. The number of ether oxygens (including phenoxy) is 2. The topological polar surface area (TPSA) is 79.7 Å². The van der Waals surface area contributed by atoms with Crippen LogP contribution in [0.3, 0.4) is 0 Å². The zero-order chi connectivity index (χ0) is 17.2. The maximum absolute atomic E-state index is 9.52. The van der Waals surface area contributed by atoms with Crippen molar-refractivity contribution in [3.8, 4) is 11.5 Å². The third kappa shape index (κ3) is 3.19. The van der Waals surface area contributed by atoms with Crippen molar-refractivity contribution < 1.29 is 14.6 Å². The second-order valence-corrected chi connectivity index (χ2v) is 6.41. The van der Waals surface area contributed by atoms with Crippen LogP contribution >= 0.6 is 0 Å². The van der Waals surface area contributed by atoms with Gasteiger partial charge >= 0.3 is 0 Å². The number of rotatable bonds is 5. The van der Waals surface area contributed by atoms with Crippen molar-refractivity contribution in [3.05, 3.63) is 36.2 Å². The van der Waals surface area contributed by atoms with Crippen LogP contribution in [0.1, 0.15) is 31.4 Å². The van der Waals surface area contributed by atoms with E-state index in [1.165, 1.54) is 0 Å². The van der Waals surface area contributed by atoms with E-state index in [4.69, 9.17) is 9.47 Å². The van der Waals surface area contributed by atoms with Crippen LogP contribution in [0, 0.1) is 0 Å². The minimum absolute atomic E-state index is 0.0597. The Balaban J connectivity index is 1.50. The number of nitrogens with zero attached hydrogens (tertiary/aromatic N) is 3. The molecule has 3 heterocycles. The average molecular weight is 342 g/mol. The minimum atomic E-state index is 0.0597. The molecule has 2 aromatic rings. The first-order valence-corrected chi connectivity index (χ1v) is 8.60. The molecule has 0 unspecified atom stereocenters. The lowest BCUT2D eigenvalue weighted by molar-refractivity contribution is 0.174. The predicted octanol–water partition coefficient (Wildman–Crippen LogP) is 2.34. The molecule has 2 atom stereocenters. The number of hydrogen-bond acceptors (Lipinski definition) is 7. The summed E-state index contributed by atoms with van der Waals surface area (Å²) in [5.41, 5.74) is 1.10. The van der Waals surface area contributed by atoms with Gasteiger partial charge in [-0.05, 0) is 37.5 Å². The molecule has 1 saturated heterocycles. The summed E-state index contributed by atoms with van der Waals surface area (Å²) in [6, 6.07) is 8.09. The van der Waals surface area contributed by atoms with Crippen molar-refractivity contribution in [3.63, 3.8) is 0 Å². The van der Waals surface area contributed by atoms with Crippen LogP contribution < -0.4 is 19.7 Å². The van der Waals surface area contributed by atoms with Gasteiger partial charge in [0.05, 0.1) is 18.7 Å². The highest BCUT2D eigenvalue weighted by atomic mass is 16.7. The number of anilines is 2. The molecule has 4 rings (SSSR count). The van der Waals surface area contributed by atoms with Crippen LogP contribution in [0.5, 0.6) is 11.5 Å². The fraction of sp³-hybridized carbons (Fsp3) is 0.444. The van der Waals surface area contributed by atoms with Gasteiger partial charge in [-0.2, -0.15) is 0 Å². The quantitative estimate of drug-likeness (QED) is 0.863. The van der Waals surface area contributed by atoms with Gasteiger partial charge < -0.3 is 24.8 Å². The molecule has 0 amide bonds. The van der Waals surface area contributed by atoms with Crippen molar-refractivity contribution in [1.29, 1.82) is 0 Å². The van der Waals surface area contributed by atoms with Crippen LogP contribution in [-0.2, 0) is 0 Å². The lowest BCUT2D eigenvalue weighted by Crippen LogP contribution is -2.32. The molecule has 0 radical (unpaired) electrons. The number of aliphatic hydroxyl groups excluding tert-OH is 1. The summed E-state index contributed by atoms with van der Waals surface area (Å²) < 4.78 is 10.8. The van der Waals surface area contributed by atoms with E-state index < -0.39 is 0 Å². The molecule has 25 heavy (non-hydrogen) atoms. The van der Waals surface area contributed by atoms with Crippen molar-refractivity contribution in [2.24, 2.45) is 0 Å². The first kappa shape index (κ1) is 16.0. The maximum Gasteiger partial charge on any atom is 0.231 e.